The Kier molecular flexibility index (Phi) is 6.15. The van der Waals surface area contributed by atoms with E-state index in [9.17, 15) is 39.9 Å². The van der Waals surface area contributed by atoms with Crippen molar-refractivity contribution in [2.24, 2.45) is 0 Å². The van der Waals surface area contributed by atoms with Gasteiger partial charge in [-0.3, -0.25) is 0 Å². The summed E-state index contributed by atoms with van der Waals surface area (Å²) in [6, 6.07) is 0. The van der Waals surface area contributed by atoms with E-state index in [1.54, 1.807) is 0 Å². The van der Waals surface area contributed by atoms with Crippen molar-refractivity contribution in [3.63, 3.8) is 0 Å². The molecule has 21 heavy (non-hydrogen) atoms. The Balaban J connectivity index is 4.77. The van der Waals surface area contributed by atoms with Gasteiger partial charge in [-0.15, -0.1) is 0 Å². The van der Waals surface area contributed by atoms with E-state index in [2.05, 4.69) is 16.1 Å². The van der Waals surface area contributed by atoms with Crippen LogP contribution in [0.15, 0.2) is 12.2 Å². The van der Waals surface area contributed by atoms with Crippen LogP contribution in [0.3, 0.4) is 0 Å². The number of hydrogen-bond donors (Lipinski definition) is 0. The first-order valence-electron chi connectivity index (χ1n) is 5.16. The molecule has 0 spiro atoms. The Labute approximate surface area is 113 Å². The minimum Gasteiger partial charge on any atom is -0.460 e. The lowest BCUT2D eigenvalue weighted by molar-refractivity contribution is -0.367. The molecule has 0 fully saturated rings. The van der Waals surface area contributed by atoms with Crippen LogP contribution in [0.5, 0.6) is 0 Å². The monoisotopic (exact) mass is 330 g/mol. The SMILES string of the molecule is C=C(C)C(=O)OCCOC(C(F)(F)F)C(F)(F)C(F)(F)F. The molecule has 0 aliphatic heterocycles. The molecular formula is C10H10F8O3. The fourth-order valence-electron chi connectivity index (χ4n) is 0.977. The first-order chi connectivity index (χ1) is 9.21. The van der Waals surface area contributed by atoms with E-state index in [1.807, 2.05) is 0 Å². The van der Waals surface area contributed by atoms with Gasteiger partial charge in [0.05, 0.1) is 6.61 Å². The molecule has 0 heterocycles. The summed E-state index contributed by atoms with van der Waals surface area (Å²) in [5.41, 5.74) is -0.136. The maximum atomic E-state index is 12.7. The van der Waals surface area contributed by atoms with Crippen molar-refractivity contribution in [3.8, 4) is 0 Å². The lowest BCUT2D eigenvalue weighted by Crippen LogP contribution is -2.55. The highest BCUT2D eigenvalue weighted by molar-refractivity contribution is 5.86. The number of alkyl halides is 8. The van der Waals surface area contributed by atoms with Crippen molar-refractivity contribution in [1.82, 2.24) is 0 Å². The van der Waals surface area contributed by atoms with Crippen LogP contribution in [0.2, 0.25) is 0 Å². The summed E-state index contributed by atoms with van der Waals surface area (Å²) in [5.74, 6) is -7.19. The number of rotatable bonds is 6. The van der Waals surface area contributed by atoms with E-state index in [0.29, 0.717) is 0 Å². The summed E-state index contributed by atoms with van der Waals surface area (Å²) in [7, 11) is 0. The van der Waals surface area contributed by atoms with Crippen LogP contribution in [0.25, 0.3) is 0 Å². The molecule has 0 amide bonds. The summed E-state index contributed by atoms with van der Waals surface area (Å²) in [4.78, 5) is 10.8. The molecule has 0 aromatic rings. The second-order valence-corrected chi connectivity index (χ2v) is 3.83. The maximum Gasteiger partial charge on any atom is 0.456 e. The molecule has 124 valence electrons. The van der Waals surface area contributed by atoms with Gasteiger partial charge >= 0.3 is 24.2 Å². The highest BCUT2D eigenvalue weighted by Crippen LogP contribution is 2.44. The molecule has 3 nitrogen and oxygen atoms in total. The Hall–Kier alpha value is -1.39. The molecule has 11 heteroatoms. The number of halogens is 8. The maximum absolute atomic E-state index is 12.7. The number of carbonyl (C=O) groups is 1. The topological polar surface area (TPSA) is 35.5 Å². The zero-order valence-corrected chi connectivity index (χ0v) is 10.4. The van der Waals surface area contributed by atoms with Gasteiger partial charge < -0.3 is 9.47 Å². The molecule has 1 unspecified atom stereocenters. The fourth-order valence-corrected chi connectivity index (χ4v) is 0.977. The lowest BCUT2D eigenvalue weighted by atomic mass is 10.1. The Morgan fingerprint density at radius 3 is 1.86 bits per heavy atom. The van der Waals surface area contributed by atoms with E-state index in [0.717, 1.165) is 0 Å². The standard InChI is InChI=1S/C10H10F8O3/c1-5(2)6(19)20-3-4-21-7(9(13,14)15)8(11,12)10(16,17)18/h7H,1,3-4H2,2H3. The Bertz CT molecular complexity index is 385. The van der Waals surface area contributed by atoms with E-state index in [1.165, 1.54) is 6.92 Å². The van der Waals surface area contributed by atoms with Crippen LogP contribution in [0.1, 0.15) is 6.92 Å². The smallest absolute Gasteiger partial charge is 0.456 e. The van der Waals surface area contributed by atoms with E-state index < -0.39 is 43.6 Å². The molecule has 0 aromatic carbocycles. The molecule has 0 aliphatic rings. The Morgan fingerprint density at radius 1 is 1.05 bits per heavy atom. The minimum absolute atomic E-state index is 0.136. The van der Waals surface area contributed by atoms with Crippen LogP contribution < -0.4 is 0 Å². The summed E-state index contributed by atoms with van der Waals surface area (Å²) in [6.45, 7) is 2.07. The van der Waals surface area contributed by atoms with Crippen molar-refractivity contribution in [1.29, 1.82) is 0 Å². The zero-order chi connectivity index (χ0) is 17.1. The lowest BCUT2D eigenvalue weighted by Gasteiger charge is -2.29. The average molecular weight is 330 g/mol. The highest BCUT2D eigenvalue weighted by Gasteiger charge is 2.70. The molecular weight excluding hydrogens is 320 g/mol. The third kappa shape index (κ3) is 5.48. The van der Waals surface area contributed by atoms with Crippen LogP contribution in [0.4, 0.5) is 35.1 Å². The van der Waals surface area contributed by atoms with Gasteiger partial charge in [-0.1, -0.05) is 6.58 Å². The van der Waals surface area contributed by atoms with E-state index in [4.69, 9.17) is 0 Å². The second kappa shape index (κ2) is 6.58. The van der Waals surface area contributed by atoms with Crippen molar-refractivity contribution in [3.05, 3.63) is 12.2 Å². The number of esters is 1. The number of hydrogen-bond acceptors (Lipinski definition) is 3. The average Bonchev–Trinajstić information content (AvgIpc) is 2.24. The van der Waals surface area contributed by atoms with Gasteiger partial charge in [0.25, 0.3) is 0 Å². The molecule has 0 rings (SSSR count). The first-order valence-corrected chi connectivity index (χ1v) is 5.16. The van der Waals surface area contributed by atoms with Gasteiger partial charge in [0.1, 0.15) is 6.61 Å². The molecule has 1 atom stereocenters. The van der Waals surface area contributed by atoms with Crippen LogP contribution in [0, 0.1) is 0 Å². The summed E-state index contributed by atoms with van der Waals surface area (Å²) in [5, 5.41) is 0. The normalized spacial score (nSPS) is 14.7. The fraction of sp³-hybridized carbons (Fsp3) is 0.700. The van der Waals surface area contributed by atoms with Crippen molar-refractivity contribution >= 4 is 5.97 Å². The van der Waals surface area contributed by atoms with Crippen molar-refractivity contribution in [2.75, 3.05) is 13.2 Å². The van der Waals surface area contributed by atoms with Gasteiger partial charge in [-0.25, -0.2) is 4.79 Å². The zero-order valence-electron chi connectivity index (χ0n) is 10.4. The third-order valence-electron chi connectivity index (χ3n) is 1.95. The predicted octanol–water partition coefficient (Wildman–Crippen LogP) is 3.25. The summed E-state index contributed by atoms with van der Waals surface area (Å²) >= 11 is 0. The van der Waals surface area contributed by atoms with Gasteiger partial charge in [0.2, 0.25) is 6.10 Å². The molecule has 0 aromatic heterocycles. The van der Waals surface area contributed by atoms with Gasteiger partial charge in [0.15, 0.2) is 0 Å². The molecule has 0 bridgehead atoms. The third-order valence-corrected chi connectivity index (χ3v) is 1.95. The summed E-state index contributed by atoms with van der Waals surface area (Å²) in [6.07, 6.45) is -16.8. The largest absolute Gasteiger partial charge is 0.460 e. The van der Waals surface area contributed by atoms with Crippen molar-refractivity contribution < 1.29 is 49.4 Å². The minimum atomic E-state index is -6.44. The molecule has 0 radical (unpaired) electrons. The van der Waals surface area contributed by atoms with Gasteiger partial charge in [-0.2, -0.15) is 35.1 Å². The highest BCUT2D eigenvalue weighted by atomic mass is 19.4. The van der Waals surface area contributed by atoms with E-state index >= 15 is 0 Å². The number of carbonyl (C=O) groups excluding carboxylic acids is 1. The first kappa shape index (κ1) is 19.6. The van der Waals surface area contributed by atoms with Crippen LogP contribution in [-0.4, -0.2) is 43.6 Å². The van der Waals surface area contributed by atoms with Gasteiger partial charge in [-0.05, 0) is 6.92 Å². The Morgan fingerprint density at radius 2 is 1.52 bits per heavy atom. The molecule has 0 saturated carbocycles. The van der Waals surface area contributed by atoms with Gasteiger partial charge in [0, 0.05) is 5.57 Å². The predicted molar refractivity (Wildman–Crippen MR) is 52.6 cm³/mol. The summed E-state index contributed by atoms with van der Waals surface area (Å²) < 4.78 is 106. The van der Waals surface area contributed by atoms with Crippen LogP contribution >= 0.6 is 0 Å². The molecule has 0 N–H and O–H groups in total. The van der Waals surface area contributed by atoms with Crippen LogP contribution in [-0.2, 0) is 14.3 Å². The second-order valence-electron chi connectivity index (χ2n) is 3.83. The molecule has 0 saturated heterocycles. The molecule has 0 aliphatic carbocycles. The van der Waals surface area contributed by atoms with Crippen molar-refractivity contribution in [2.45, 2.75) is 31.3 Å². The van der Waals surface area contributed by atoms with E-state index in [-0.39, 0.29) is 5.57 Å². The quantitative estimate of drug-likeness (QED) is 0.325. The number of ether oxygens (including phenoxy) is 2.